The molecule has 0 N–H and O–H groups in total. The summed E-state index contributed by atoms with van der Waals surface area (Å²) >= 11 is 0. The van der Waals surface area contributed by atoms with Crippen LogP contribution in [0.3, 0.4) is 0 Å². The van der Waals surface area contributed by atoms with Crippen molar-refractivity contribution in [3.63, 3.8) is 0 Å². The number of hydrogen-bond donors (Lipinski definition) is 0. The van der Waals surface area contributed by atoms with Crippen LogP contribution >= 0.6 is 0 Å². The van der Waals surface area contributed by atoms with Crippen molar-refractivity contribution in [1.29, 1.82) is 0 Å². The average molecular weight is 160 g/mol. The van der Waals surface area contributed by atoms with E-state index in [1.807, 2.05) is 31.2 Å². The fourth-order valence-corrected chi connectivity index (χ4v) is 0.645. The first-order valence-electron chi connectivity index (χ1n) is 2.85. The molecule has 0 heterocycles. The zero-order valence-corrected chi connectivity index (χ0v) is 5.29. The molecule has 48 valence electrons. The number of carbonyl (C=O) groups is 1. The molecule has 1 nitrogen and oxygen atoms in total. The molecule has 0 saturated carbocycles. The molecule has 0 aliphatic carbocycles. The Morgan fingerprint density at radius 2 is 1.70 bits per heavy atom. The molecule has 0 unspecified atom stereocenters. The molecule has 0 aliphatic heterocycles. The Hall–Kier alpha value is 0.526. The average Bonchev–Trinajstić information content (AvgIpc) is 1.90. The summed E-state index contributed by atoms with van der Waals surface area (Å²) in [4.78, 5) is 10.1. The maximum absolute atomic E-state index is 10.1. The van der Waals surface area contributed by atoms with Crippen molar-refractivity contribution in [2.75, 3.05) is 0 Å². The number of aldehydes is 1. The third-order valence-corrected chi connectivity index (χ3v) is 1.21. The van der Waals surface area contributed by atoms with E-state index in [9.17, 15) is 4.79 Å². The number of benzene rings is 1. The van der Waals surface area contributed by atoms with Crippen LogP contribution in [0.4, 0.5) is 0 Å². The van der Waals surface area contributed by atoms with Gasteiger partial charge in [-0.05, 0) is 6.92 Å². The van der Waals surface area contributed by atoms with Crippen LogP contribution < -0.4 is 0 Å². The van der Waals surface area contributed by atoms with Crippen LogP contribution in [0.5, 0.6) is 0 Å². The van der Waals surface area contributed by atoms with E-state index >= 15 is 0 Å². The van der Waals surface area contributed by atoms with E-state index in [-0.39, 0.29) is 51.4 Å². The molecule has 0 fully saturated rings. The molecule has 10 heavy (non-hydrogen) atoms. The number of hydrogen-bond acceptors (Lipinski definition) is 1. The van der Waals surface area contributed by atoms with Crippen LogP contribution in [-0.4, -0.2) is 57.7 Å². The van der Waals surface area contributed by atoms with E-state index < -0.39 is 0 Å². The van der Waals surface area contributed by atoms with Crippen LogP contribution in [0.15, 0.2) is 24.3 Å². The third kappa shape index (κ3) is 3.08. The Labute approximate surface area is 103 Å². The first-order chi connectivity index (χ1) is 4.33. The van der Waals surface area contributed by atoms with Gasteiger partial charge in [-0.25, -0.2) is 0 Å². The van der Waals surface area contributed by atoms with Crippen molar-refractivity contribution < 1.29 is 4.79 Å². The van der Waals surface area contributed by atoms with Gasteiger partial charge in [-0.3, -0.25) is 4.79 Å². The van der Waals surface area contributed by atoms with E-state index in [4.69, 9.17) is 0 Å². The van der Waals surface area contributed by atoms with Gasteiger partial charge < -0.3 is 0 Å². The van der Waals surface area contributed by atoms with Gasteiger partial charge in [-0.15, -0.1) is 0 Å². The molecular weight excluding hydrogens is 151 g/mol. The van der Waals surface area contributed by atoms with E-state index in [0.29, 0.717) is 0 Å². The minimum atomic E-state index is 0. The van der Waals surface area contributed by atoms with Gasteiger partial charge in [0, 0.05) is 5.56 Å². The van der Waals surface area contributed by atoms with Crippen LogP contribution in [0.25, 0.3) is 0 Å². The Morgan fingerprint density at radius 3 is 2.10 bits per heavy atom. The SMILES string of the molecule is Cc1ccc(C=O)cc1.[KH]. The molecule has 0 radical (unpaired) electrons. The van der Waals surface area contributed by atoms with Crippen LogP contribution in [0.2, 0.25) is 0 Å². The van der Waals surface area contributed by atoms with Gasteiger partial charge in [0.15, 0.2) is 0 Å². The second-order valence-electron chi connectivity index (χ2n) is 2.03. The van der Waals surface area contributed by atoms with Gasteiger partial charge >= 0.3 is 51.4 Å². The molecule has 0 saturated heterocycles. The zero-order chi connectivity index (χ0) is 6.69. The normalized spacial score (nSPS) is 8.10. The summed E-state index contributed by atoms with van der Waals surface area (Å²) in [5, 5.41) is 0. The van der Waals surface area contributed by atoms with Crippen molar-refractivity contribution in [2.24, 2.45) is 0 Å². The van der Waals surface area contributed by atoms with Crippen molar-refractivity contribution in [2.45, 2.75) is 6.92 Å². The standard InChI is InChI=1S/C8H8O.K.H/c1-7-2-4-8(6-9)5-3-7;;/h2-6H,1H3;;. The van der Waals surface area contributed by atoms with Crippen molar-refractivity contribution in [3.8, 4) is 0 Å². The first-order valence-corrected chi connectivity index (χ1v) is 2.85. The second-order valence-corrected chi connectivity index (χ2v) is 2.03. The van der Waals surface area contributed by atoms with Gasteiger partial charge in [0.2, 0.25) is 0 Å². The predicted molar refractivity (Wildman–Crippen MR) is 43.7 cm³/mol. The second kappa shape index (κ2) is 5.21. The monoisotopic (exact) mass is 160 g/mol. The molecule has 0 bridgehead atoms. The van der Waals surface area contributed by atoms with E-state index in [1.165, 1.54) is 5.56 Å². The van der Waals surface area contributed by atoms with E-state index in [2.05, 4.69) is 0 Å². The van der Waals surface area contributed by atoms with Crippen molar-refractivity contribution in [3.05, 3.63) is 35.4 Å². The number of carbonyl (C=O) groups excluding carboxylic acids is 1. The van der Waals surface area contributed by atoms with Gasteiger partial charge in [-0.2, -0.15) is 0 Å². The quantitative estimate of drug-likeness (QED) is 0.445. The topological polar surface area (TPSA) is 17.1 Å². The van der Waals surface area contributed by atoms with Crippen LogP contribution in [-0.2, 0) is 0 Å². The number of rotatable bonds is 1. The van der Waals surface area contributed by atoms with Crippen molar-refractivity contribution >= 4 is 57.7 Å². The summed E-state index contributed by atoms with van der Waals surface area (Å²) in [6.45, 7) is 1.99. The molecule has 0 aromatic heterocycles. The zero-order valence-electron chi connectivity index (χ0n) is 5.29. The summed E-state index contributed by atoms with van der Waals surface area (Å²) in [5.74, 6) is 0. The summed E-state index contributed by atoms with van der Waals surface area (Å²) in [5.41, 5.74) is 1.92. The summed E-state index contributed by atoms with van der Waals surface area (Å²) in [6, 6.07) is 7.46. The van der Waals surface area contributed by atoms with E-state index in [0.717, 1.165) is 11.8 Å². The molecule has 1 aromatic rings. The minimum absolute atomic E-state index is 0. The van der Waals surface area contributed by atoms with Gasteiger partial charge in [0.1, 0.15) is 6.29 Å². The first kappa shape index (κ1) is 10.5. The van der Waals surface area contributed by atoms with Gasteiger partial charge in [0.25, 0.3) is 0 Å². The summed E-state index contributed by atoms with van der Waals surface area (Å²) in [7, 11) is 0. The van der Waals surface area contributed by atoms with Crippen LogP contribution in [0, 0.1) is 6.92 Å². The molecule has 1 aromatic carbocycles. The number of aryl methyl sites for hydroxylation is 1. The summed E-state index contributed by atoms with van der Waals surface area (Å²) in [6.07, 6.45) is 0.847. The Kier molecular flexibility index (Phi) is 5.49. The molecule has 0 aliphatic rings. The Balaban J connectivity index is 0.000000810. The third-order valence-electron chi connectivity index (χ3n) is 1.21. The fraction of sp³-hybridized carbons (Fsp3) is 0.125. The molecular formula is C8H9KO. The summed E-state index contributed by atoms with van der Waals surface area (Å²) < 4.78 is 0. The Morgan fingerprint density at radius 1 is 1.20 bits per heavy atom. The molecule has 1 rings (SSSR count). The van der Waals surface area contributed by atoms with E-state index in [1.54, 1.807) is 0 Å². The Bertz CT molecular complexity index is 203. The van der Waals surface area contributed by atoms with Gasteiger partial charge in [-0.1, -0.05) is 29.8 Å². The van der Waals surface area contributed by atoms with Crippen LogP contribution in [0.1, 0.15) is 15.9 Å². The predicted octanol–water partition coefficient (Wildman–Crippen LogP) is 1.16. The molecule has 0 spiro atoms. The van der Waals surface area contributed by atoms with Gasteiger partial charge in [0.05, 0.1) is 0 Å². The van der Waals surface area contributed by atoms with Crippen molar-refractivity contribution in [1.82, 2.24) is 0 Å². The molecule has 2 heteroatoms. The fourth-order valence-electron chi connectivity index (χ4n) is 0.645. The molecule has 0 atom stereocenters. The molecule has 0 amide bonds. The maximum atomic E-state index is 10.1.